The summed E-state index contributed by atoms with van der Waals surface area (Å²) in [4.78, 5) is 1.16. The lowest BCUT2D eigenvalue weighted by Crippen LogP contribution is -2.14. The van der Waals surface area contributed by atoms with Gasteiger partial charge in [-0.25, -0.2) is 13.6 Å². The Labute approximate surface area is 64.1 Å². The lowest BCUT2D eigenvalue weighted by molar-refractivity contribution is 0.585. The second-order valence-corrected chi connectivity index (χ2v) is 3.60. The topological polar surface area (TPSA) is 90.9 Å². The minimum atomic E-state index is -3.71. The molecule has 0 aliphatic heterocycles. The molecular formula is C4H8N4O2S. The molecule has 0 aliphatic rings. The van der Waals surface area contributed by atoms with Crippen molar-refractivity contribution in [3.05, 3.63) is 5.69 Å². The molecular weight excluding hydrogens is 168 g/mol. The summed E-state index contributed by atoms with van der Waals surface area (Å²) >= 11 is 0. The van der Waals surface area contributed by atoms with Crippen LogP contribution in [-0.4, -0.2) is 23.4 Å². The Balaban J connectivity index is 3.36. The van der Waals surface area contributed by atoms with Gasteiger partial charge in [0.15, 0.2) is 0 Å². The summed E-state index contributed by atoms with van der Waals surface area (Å²) in [5.41, 5.74) is 0.315. The molecule has 0 aromatic carbocycles. The largest absolute Gasteiger partial charge is 0.259 e. The molecule has 1 rings (SSSR count). The maximum atomic E-state index is 10.7. The molecule has 1 aromatic rings. The first-order valence-corrected chi connectivity index (χ1v) is 4.36. The van der Waals surface area contributed by atoms with Crippen molar-refractivity contribution >= 4 is 10.0 Å². The zero-order chi connectivity index (χ0) is 8.65. The zero-order valence-corrected chi connectivity index (χ0v) is 6.96. The molecule has 0 atom stereocenters. The van der Waals surface area contributed by atoms with Gasteiger partial charge in [0, 0.05) is 7.05 Å². The molecule has 1 aromatic heterocycles. The van der Waals surface area contributed by atoms with E-state index in [1.807, 2.05) is 0 Å². The number of rotatable bonds is 1. The van der Waals surface area contributed by atoms with E-state index in [2.05, 4.69) is 10.2 Å². The fraction of sp³-hybridized carbons (Fsp3) is 0.500. The lowest BCUT2D eigenvalue weighted by atomic mass is 10.6. The molecule has 0 saturated carbocycles. The molecule has 1 heterocycles. The van der Waals surface area contributed by atoms with Crippen molar-refractivity contribution in [2.75, 3.05) is 0 Å². The Hall–Kier alpha value is -0.950. The van der Waals surface area contributed by atoms with E-state index in [9.17, 15) is 8.42 Å². The van der Waals surface area contributed by atoms with Crippen LogP contribution in [0.4, 0.5) is 0 Å². The van der Waals surface area contributed by atoms with Crippen LogP contribution >= 0.6 is 0 Å². The van der Waals surface area contributed by atoms with E-state index < -0.39 is 10.0 Å². The molecule has 6 nitrogen and oxygen atoms in total. The molecule has 0 amide bonds. The van der Waals surface area contributed by atoms with E-state index >= 15 is 0 Å². The second-order valence-electron chi connectivity index (χ2n) is 2.13. The van der Waals surface area contributed by atoms with E-state index in [0.717, 1.165) is 4.80 Å². The molecule has 0 aliphatic carbocycles. The molecule has 11 heavy (non-hydrogen) atoms. The number of primary sulfonamides is 1. The fourth-order valence-corrected chi connectivity index (χ4v) is 1.43. The van der Waals surface area contributed by atoms with Crippen LogP contribution in [0.15, 0.2) is 5.03 Å². The first-order chi connectivity index (χ1) is 4.91. The standard InChI is InChI=1S/C4H8N4O2S/c1-3-4(11(5,9)10)7-8(2)6-3/h1-2H3,(H2,5,9,10). The van der Waals surface area contributed by atoms with Crippen LogP contribution in [0.1, 0.15) is 5.69 Å². The molecule has 62 valence electrons. The third-order valence-electron chi connectivity index (χ3n) is 1.11. The monoisotopic (exact) mass is 176 g/mol. The summed E-state index contributed by atoms with van der Waals surface area (Å²) in [5.74, 6) is 0. The van der Waals surface area contributed by atoms with Crippen LogP contribution in [0, 0.1) is 6.92 Å². The highest BCUT2D eigenvalue weighted by Crippen LogP contribution is 2.04. The maximum Gasteiger partial charge on any atom is 0.259 e. The van der Waals surface area contributed by atoms with Gasteiger partial charge in [0.25, 0.3) is 10.0 Å². The van der Waals surface area contributed by atoms with Crippen molar-refractivity contribution < 1.29 is 8.42 Å². The summed E-state index contributed by atoms with van der Waals surface area (Å²) < 4.78 is 21.5. The normalized spacial score (nSPS) is 11.9. The van der Waals surface area contributed by atoms with Crippen molar-refractivity contribution in [3.8, 4) is 0 Å². The Morgan fingerprint density at radius 3 is 2.18 bits per heavy atom. The van der Waals surface area contributed by atoms with Crippen LogP contribution in [0.25, 0.3) is 0 Å². The van der Waals surface area contributed by atoms with Crippen molar-refractivity contribution in [2.24, 2.45) is 12.2 Å². The van der Waals surface area contributed by atoms with Gasteiger partial charge < -0.3 is 0 Å². The van der Waals surface area contributed by atoms with Crippen LogP contribution in [0.5, 0.6) is 0 Å². The SMILES string of the molecule is Cc1nn(C)nc1S(N)(=O)=O. The van der Waals surface area contributed by atoms with E-state index in [0.29, 0.717) is 5.69 Å². The van der Waals surface area contributed by atoms with Crippen molar-refractivity contribution in [1.82, 2.24) is 15.0 Å². The number of nitrogens with zero attached hydrogens (tertiary/aromatic N) is 3. The zero-order valence-electron chi connectivity index (χ0n) is 6.14. The minimum absolute atomic E-state index is 0.167. The van der Waals surface area contributed by atoms with Gasteiger partial charge >= 0.3 is 0 Å². The van der Waals surface area contributed by atoms with Gasteiger partial charge in [-0.3, -0.25) is 0 Å². The highest BCUT2D eigenvalue weighted by molar-refractivity contribution is 7.89. The minimum Gasteiger partial charge on any atom is -0.223 e. The highest BCUT2D eigenvalue weighted by Gasteiger charge is 2.16. The predicted molar refractivity (Wildman–Crippen MR) is 37.1 cm³/mol. The molecule has 7 heteroatoms. The van der Waals surface area contributed by atoms with Crippen LogP contribution in [0.2, 0.25) is 0 Å². The van der Waals surface area contributed by atoms with Gasteiger partial charge in [-0.1, -0.05) is 0 Å². The van der Waals surface area contributed by atoms with Gasteiger partial charge in [-0.15, -0.1) is 5.10 Å². The first kappa shape index (κ1) is 8.15. The molecule has 0 radical (unpaired) electrons. The number of nitrogens with two attached hydrogens (primary N) is 1. The van der Waals surface area contributed by atoms with E-state index in [1.54, 1.807) is 0 Å². The lowest BCUT2D eigenvalue weighted by Gasteiger charge is -1.88. The average Bonchev–Trinajstić information content (AvgIpc) is 2.08. The highest BCUT2D eigenvalue weighted by atomic mass is 32.2. The second kappa shape index (κ2) is 2.28. The third kappa shape index (κ3) is 1.55. The number of hydrogen-bond donors (Lipinski definition) is 1. The third-order valence-corrected chi connectivity index (χ3v) is 2.03. The number of hydrogen-bond acceptors (Lipinski definition) is 4. The van der Waals surface area contributed by atoms with Crippen LogP contribution in [-0.2, 0) is 17.1 Å². The Kier molecular flexibility index (Phi) is 1.69. The van der Waals surface area contributed by atoms with Crippen LogP contribution < -0.4 is 5.14 Å². The Morgan fingerprint density at radius 1 is 1.45 bits per heavy atom. The van der Waals surface area contributed by atoms with Gasteiger partial charge in [0.05, 0.1) is 0 Å². The number of aryl methyl sites for hydroxylation is 2. The van der Waals surface area contributed by atoms with Crippen molar-refractivity contribution in [1.29, 1.82) is 0 Å². The van der Waals surface area contributed by atoms with E-state index in [-0.39, 0.29) is 5.03 Å². The quantitative estimate of drug-likeness (QED) is 0.580. The summed E-state index contributed by atoms with van der Waals surface area (Å²) in [6.07, 6.45) is 0. The van der Waals surface area contributed by atoms with E-state index in [4.69, 9.17) is 5.14 Å². The molecule has 0 saturated heterocycles. The first-order valence-electron chi connectivity index (χ1n) is 2.82. The van der Waals surface area contributed by atoms with E-state index in [1.165, 1.54) is 14.0 Å². The van der Waals surface area contributed by atoms with Gasteiger partial charge in [0.2, 0.25) is 5.03 Å². The smallest absolute Gasteiger partial charge is 0.223 e. The molecule has 0 unspecified atom stereocenters. The fourth-order valence-electron chi connectivity index (χ4n) is 0.749. The molecule has 0 fully saturated rings. The van der Waals surface area contributed by atoms with Crippen molar-refractivity contribution in [2.45, 2.75) is 11.9 Å². The summed E-state index contributed by atoms with van der Waals surface area (Å²) in [6, 6.07) is 0. The Morgan fingerprint density at radius 2 is 2.00 bits per heavy atom. The van der Waals surface area contributed by atoms with Crippen molar-refractivity contribution in [3.63, 3.8) is 0 Å². The number of aromatic nitrogens is 3. The maximum absolute atomic E-state index is 10.7. The van der Waals surface area contributed by atoms with Gasteiger partial charge in [-0.05, 0) is 6.92 Å². The molecule has 0 bridgehead atoms. The summed E-state index contributed by atoms with van der Waals surface area (Å²) in [5, 5.41) is 12.0. The molecule has 0 spiro atoms. The predicted octanol–water partition coefficient (Wildman–Crippen LogP) is -1.23. The summed E-state index contributed by atoms with van der Waals surface area (Å²) in [7, 11) is -2.18. The van der Waals surface area contributed by atoms with Gasteiger partial charge in [0.1, 0.15) is 5.69 Å². The Bertz CT molecular complexity index is 365. The summed E-state index contributed by atoms with van der Waals surface area (Å²) in [6.45, 7) is 1.53. The van der Waals surface area contributed by atoms with Crippen LogP contribution in [0.3, 0.4) is 0 Å². The van der Waals surface area contributed by atoms with Gasteiger partial charge in [-0.2, -0.15) is 9.90 Å². The average molecular weight is 176 g/mol. The molecule has 2 N–H and O–H groups in total. The number of sulfonamides is 1.